The van der Waals surface area contributed by atoms with E-state index in [9.17, 15) is 18.4 Å². The molecule has 1 aromatic carbocycles. The maximum absolute atomic E-state index is 13.2. The number of imide groups is 1. The third kappa shape index (κ3) is 1.85. The molecule has 2 amide bonds. The number of benzene rings is 1. The SMILES string of the molecule is Cc1cc(N2C(=O)c3cc(F)c(F)cc3C2=O)ncc1N. The first-order valence-corrected chi connectivity index (χ1v) is 6.00. The van der Waals surface area contributed by atoms with Gasteiger partial charge in [-0.15, -0.1) is 0 Å². The number of nitrogen functional groups attached to an aromatic ring is 1. The van der Waals surface area contributed by atoms with Gasteiger partial charge in [-0.05, 0) is 30.7 Å². The van der Waals surface area contributed by atoms with Crippen molar-refractivity contribution < 1.29 is 18.4 Å². The number of aromatic nitrogens is 1. The van der Waals surface area contributed by atoms with Crippen molar-refractivity contribution >= 4 is 23.3 Å². The first kappa shape index (κ1) is 13.2. The molecule has 0 bridgehead atoms. The number of anilines is 2. The average Bonchev–Trinajstić information content (AvgIpc) is 2.66. The quantitative estimate of drug-likeness (QED) is 0.815. The zero-order valence-corrected chi connectivity index (χ0v) is 10.9. The number of pyridine rings is 1. The van der Waals surface area contributed by atoms with Crippen LogP contribution in [0.25, 0.3) is 0 Å². The summed E-state index contributed by atoms with van der Waals surface area (Å²) in [6, 6.07) is 2.90. The van der Waals surface area contributed by atoms with E-state index in [4.69, 9.17) is 5.73 Å². The minimum Gasteiger partial charge on any atom is -0.397 e. The van der Waals surface area contributed by atoms with E-state index in [-0.39, 0.29) is 16.9 Å². The highest BCUT2D eigenvalue weighted by Crippen LogP contribution is 2.29. The molecule has 106 valence electrons. The highest BCUT2D eigenvalue weighted by atomic mass is 19.2. The lowest BCUT2D eigenvalue weighted by Gasteiger charge is -2.13. The average molecular weight is 289 g/mol. The molecule has 1 aliphatic rings. The van der Waals surface area contributed by atoms with Crippen molar-refractivity contribution in [3.8, 4) is 0 Å². The predicted octanol–water partition coefficient (Wildman–Crippen LogP) is 2.05. The largest absolute Gasteiger partial charge is 0.397 e. The van der Waals surface area contributed by atoms with Gasteiger partial charge in [-0.2, -0.15) is 0 Å². The minimum atomic E-state index is -1.18. The van der Waals surface area contributed by atoms with Crippen LogP contribution < -0.4 is 10.6 Å². The van der Waals surface area contributed by atoms with Crippen LogP contribution in [0.3, 0.4) is 0 Å². The van der Waals surface area contributed by atoms with Gasteiger partial charge in [0.15, 0.2) is 11.6 Å². The number of halogens is 2. The fourth-order valence-electron chi connectivity index (χ4n) is 2.12. The summed E-state index contributed by atoms with van der Waals surface area (Å²) in [6.45, 7) is 1.69. The van der Waals surface area contributed by atoms with E-state index in [0.29, 0.717) is 11.3 Å². The second-order valence-electron chi connectivity index (χ2n) is 4.66. The van der Waals surface area contributed by atoms with Crippen molar-refractivity contribution in [3.05, 3.63) is 52.7 Å². The molecule has 0 fully saturated rings. The Labute approximate surface area is 118 Å². The van der Waals surface area contributed by atoms with E-state index in [1.807, 2.05) is 0 Å². The lowest BCUT2D eigenvalue weighted by Crippen LogP contribution is -2.30. The van der Waals surface area contributed by atoms with Crippen molar-refractivity contribution in [2.75, 3.05) is 10.6 Å². The Morgan fingerprint density at radius 1 is 1.05 bits per heavy atom. The Kier molecular flexibility index (Phi) is 2.72. The van der Waals surface area contributed by atoms with Crippen molar-refractivity contribution in [3.63, 3.8) is 0 Å². The zero-order valence-electron chi connectivity index (χ0n) is 10.9. The smallest absolute Gasteiger partial charge is 0.267 e. The number of rotatable bonds is 1. The third-order valence-electron chi connectivity index (χ3n) is 3.29. The van der Waals surface area contributed by atoms with Crippen LogP contribution in [-0.2, 0) is 0 Å². The highest BCUT2D eigenvalue weighted by Gasteiger charge is 2.38. The van der Waals surface area contributed by atoms with Gasteiger partial charge in [0.05, 0.1) is 23.0 Å². The molecule has 3 rings (SSSR count). The summed E-state index contributed by atoms with van der Waals surface area (Å²) in [5.41, 5.74) is 6.30. The molecule has 0 radical (unpaired) electrons. The number of fused-ring (bicyclic) bond motifs is 1. The molecule has 7 heteroatoms. The monoisotopic (exact) mass is 289 g/mol. The second kappa shape index (κ2) is 4.34. The van der Waals surface area contributed by atoms with E-state index in [1.165, 1.54) is 12.3 Å². The summed E-state index contributed by atoms with van der Waals surface area (Å²) >= 11 is 0. The van der Waals surface area contributed by atoms with Gasteiger partial charge in [-0.25, -0.2) is 18.7 Å². The summed E-state index contributed by atoms with van der Waals surface area (Å²) in [5, 5.41) is 0. The highest BCUT2D eigenvalue weighted by molar-refractivity contribution is 6.34. The zero-order chi connectivity index (χ0) is 15.3. The first-order chi connectivity index (χ1) is 9.90. The molecule has 0 atom stereocenters. The number of carbonyl (C=O) groups excluding carboxylic acids is 2. The van der Waals surface area contributed by atoms with Crippen molar-refractivity contribution in [1.82, 2.24) is 4.98 Å². The number of hydrogen-bond donors (Lipinski definition) is 1. The Hall–Kier alpha value is -2.83. The Bertz CT molecular complexity index is 764. The van der Waals surface area contributed by atoms with Gasteiger partial charge >= 0.3 is 0 Å². The summed E-state index contributed by atoms with van der Waals surface area (Å²) in [6.07, 6.45) is 1.31. The van der Waals surface area contributed by atoms with Crippen LogP contribution in [0.1, 0.15) is 26.3 Å². The molecule has 1 aromatic heterocycles. The number of aryl methyl sites for hydroxylation is 1. The molecule has 2 heterocycles. The maximum atomic E-state index is 13.2. The summed E-state index contributed by atoms with van der Waals surface area (Å²) in [5.74, 6) is -3.79. The Morgan fingerprint density at radius 3 is 2.05 bits per heavy atom. The molecular formula is C14H9F2N3O2. The molecule has 0 unspecified atom stereocenters. The first-order valence-electron chi connectivity index (χ1n) is 6.00. The van der Waals surface area contributed by atoms with Crippen LogP contribution in [0.4, 0.5) is 20.3 Å². The van der Waals surface area contributed by atoms with Gasteiger partial charge in [0.1, 0.15) is 5.82 Å². The van der Waals surface area contributed by atoms with Crippen LogP contribution in [-0.4, -0.2) is 16.8 Å². The van der Waals surface area contributed by atoms with Gasteiger partial charge in [-0.1, -0.05) is 0 Å². The Balaban J connectivity index is 2.13. The molecular weight excluding hydrogens is 280 g/mol. The fourth-order valence-corrected chi connectivity index (χ4v) is 2.12. The van der Waals surface area contributed by atoms with Gasteiger partial charge in [-0.3, -0.25) is 9.59 Å². The van der Waals surface area contributed by atoms with E-state index in [1.54, 1.807) is 6.92 Å². The van der Waals surface area contributed by atoms with E-state index in [0.717, 1.165) is 17.0 Å². The number of carbonyl (C=O) groups is 2. The molecule has 0 spiro atoms. The molecule has 0 aliphatic carbocycles. The second-order valence-corrected chi connectivity index (χ2v) is 4.66. The molecule has 2 N–H and O–H groups in total. The minimum absolute atomic E-state index is 0.0636. The molecule has 2 aromatic rings. The van der Waals surface area contributed by atoms with Crippen molar-refractivity contribution in [2.45, 2.75) is 6.92 Å². The van der Waals surface area contributed by atoms with E-state index in [2.05, 4.69) is 4.98 Å². The number of amides is 2. The van der Waals surface area contributed by atoms with E-state index >= 15 is 0 Å². The van der Waals surface area contributed by atoms with Crippen LogP contribution in [0.5, 0.6) is 0 Å². The molecule has 21 heavy (non-hydrogen) atoms. The van der Waals surface area contributed by atoms with Crippen molar-refractivity contribution in [1.29, 1.82) is 0 Å². The molecule has 1 aliphatic heterocycles. The summed E-state index contributed by atoms with van der Waals surface area (Å²) in [7, 11) is 0. The summed E-state index contributed by atoms with van der Waals surface area (Å²) < 4.78 is 26.5. The van der Waals surface area contributed by atoms with Crippen molar-refractivity contribution in [2.24, 2.45) is 0 Å². The molecule has 0 saturated heterocycles. The normalized spacial score (nSPS) is 13.8. The van der Waals surface area contributed by atoms with Crippen LogP contribution >= 0.6 is 0 Å². The van der Waals surface area contributed by atoms with Crippen LogP contribution in [0.15, 0.2) is 24.4 Å². The maximum Gasteiger partial charge on any atom is 0.267 e. The molecule has 5 nitrogen and oxygen atoms in total. The van der Waals surface area contributed by atoms with E-state index < -0.39 is 23.4 Å². The van der Waals surface area contributed by atoms with Gasteiger partial charge < -0.3 is 5.73 Å². The van der Waals surface area contributed by atoms with Gasteiger partial charge in [0.2, 0.25) is 0 Å². The Morgan fingerprint density at radius 2 is 1.57 bits per heavy atom. The lowest BCUT2D eigenvalue weighted by atomic mass is 10.1. The number of nitrogens with zero attached hydrogens (tertiary/aromatic N) is 2. The topological polar surface area (TPSA) is 76.3 Å². The third-order valence-corrected chi connectivity index (χ3v) is 3.29. The van der Waals surface area contributed by atoms with Gasteiger partial charge in [0.25, 0.3) is 11.8 Å². The number of nitrogens with two attached hydrogens (primary N) is 1. The standard InChI is InChI=1S/C14H9F2N3O2/c1-6-2-12(18-5-11(6)17)19-13(20)7-3-9(15)10(16)4-8(7)14(19)21/h2-5H,17H2,1H3. The lowest BCUT2D eigenvalue weighted by molar-refractivity contribution is 0.0925. The number of hydrogen-bond acceptors (Lipinski definition) is 4. The van der Waals surface area contributed by atoms with Crippen LogP contribution in [0.2, 0.25) is 0 Å². The predicted molar refractivity (Wildman–Crippen MR) is 70.9 cm³/mol. The van der Waals surface area contributed by atoms with Crippen LogP contribution in [0, 0.1) is 18.6 Å². The fraction of sp³-hybridized carbons (Fsp3) is 0.0714. The summed E-state index contributed by atoms with van der Waals surface area (Å²) in [4.78, 5) is 29.1. The van der Waals surface area contributed by atoms with Gasteiger partial charge in [0, 0.05) is 0 Å². The molecule has 0 saturated carbocycles.